The van der Waals surface area contributed by atoms with E-state index in [0.29, 0.717) is 125 Å². The largest absolute Gasteiger partial charge is 0.379 e. The van der Waals surface area contributed by atoms with Gasteiger partial charge in [-0.25, -0.2) is 0 Å². The number of rotatable bonds is 30. The lowest BCUT2D eigenvalue weighted by Gasteiger charge is -2.30. The molecule has 1 atom stereocenters. The van der Waals surface area contributed by atoms with Crippen LogP contribution in [0.15, 0.2) is 0 Å². The smallest absolute Gasteiger partial charge is 0.232 e. The van der Waals surface area contributed by atoms with Crippen molar-refractivity contribution in [3.8, 4) is 0 Å². The van der Waals surface area contributed by atoms with Gasteiger partial charge in [-0.05, 0) is 18.8 Å². The average molecular weight is 690 g/mol. The Morgan fingerprint density at radius 1 is 0.625 bits per heavy atom. The number of ether oxygens (including phenoxy) is 8. The second kappa shape index (κ2) is 27.6. The number of carbonyl (C=O) groups is 4. The molecule has 0 saturated carbocycles. The van der Waals surface area contributed by atoms with Crippen molar-refractivity contribution in [1.29, 1.82) is 0 Å². The number of piperidine rings is 1. The lowest BCUT2D eigenvalue weighted by atomic mass is 9.99. The number of likely N-dealkylation sites (tertiary alicyclic amines) is 2. The van der Waals surface area contributed by atoms with Crippen LogP contribution in [-0.2, 0) is 57.1 Å². The van der Waals surface area contributed by atoms with E-state index in [4.69, 9.17) is 37.9 Å². The van der Waals surface area contributed by atoms with E-state index in [0.717, 1.165) is 30.8 Å². The summed E-state index contributed by atoms with van der Waals surface area (Å²) >= 11 is 0. The molecule has 15 heteroatoms. The van der Waals surface area contributed by atoms with Gasteiger partial charge < -0.3 is 48.1 Å². The average Bonchev–Trinajstić information content (AvgIpc) is 3.32. The monoisotopic (exact) mass is 689 g/mol. The third-order valence-corrected chi connectivity index (χ3v) is 7.80. The van der Waals surface area contributed by atoms with Crippen LogP contribution < -0.4 is 5.32 Å². The van der Waals surface area contributed by atoms with E-state index in [1.165, 1.54) is 0 Å². The van der Waals surface area contributed by atoms with E-state index >= 15 is 0 Å². The van der Waals surface area contributed by atoms with Gasteiger partial charge in [-0.1, -0.05) is 13.8 Å². The zero-order chi connectivity index (χ0) is 34.7. The Morgan fingerprint density at radius 3 is 1.46 bits per heavy atom. The third kappa shape index (κ3) is 20.3. The Kier molecular flexibility index (Phi) is 24.1. The van der Waals surface area contributed by atoms with Crippen LogP contribution >= 0.6 is 0 Å². The van der Waals surface area contributed by atoms with Gasteiger partial charge in [0.25, 0.3) is 0 Å². The molecule has 15 nitrogen and oxygen atoms in total. The number of carbonyl (C=O) groups excluding carboxylic acids is 4. The van der Waals surface area contributed by atoms with Gasteiger partial charge in [0, 0.05) is 44.9 Å². The molecule has 0 aromatic rings. The molecule has 2 rings (SSSR count). The fraction of sp³-hybridized carbons (Fsp3) is 0.879. The van der Waals surface area contributed by atoms with Crippen LogP contribution in [0.1, 0.15) is 46.0 Å². The molecule has 0 radical (unpaired) electrons. The highest BCUT2D eigenvalue weighted by Crippen LogP contribution is 2.18. The SMILES string of the molecule is CC1CCN(C(=O)CCOCCOCCOCCOCCOCCOCCOCCOCCNC(=O)CCN2C(=O)CC(C)C2=O)CC1. The Balaban J connectivity index is 1.19. The molecule has 48 heavy (non-hydrogen) atoms. The highest BCUT2D eigenvalue weighted by molar-refractivity contribution is 6.03. The lowest BCUT2D eigenvalue weighted by molar-refractivity contribution is -0.139. The van der Waals surface area contributed by atoms with E-state index in [-0.39, 0.29) is 48.9 Å². The molecule has 278 valence electrons. The first kappa shape index (κ1) is 41.9. The molecule has 0 aromatic carbocycles. The molecule has 1 N–H and O–H groups in total. The second-order valence-electron chi connectivity index (χ2n) is 11.8. The third-order valence-electron chi connectivity index (χ3n) is 7.80. The zero-order valence-corrected chi connectivity index (χ0v) is 29.1. The van der Waals surface area contributed by atoms with Crippen LogP contribution in [0.5, 0.6) is 0 Å². The van der Waals surface area contributed by atoms with Crippen molar-refractivity contribution in [1.82, 2.24) is 15.1 Å². The summed E-state index contributed by atoms with van der Waals surface area (Å²) in [4.78, 5) is 50.7. The van der Waals surface area contributed by atoms with Crippen LogP contribution in [0.4, 0.5) is 0 Å². The summed E-state index contributed by atoms with van der Waals surface area (Å²) in [7, 11) is 0. The van der Waals surface area contributed by atoms with Gasteiger partial charge in [0.1, 0.15) is 0 Å². The number of nitrogens with one attached hydrogen (secondary N) is 1. The fourth-order valence-corrected chi connectivity index (χ4v) is 4.86. The quantitative estimate of drug-likeness (QED) is 0.0831. The summed E-state index contributed by atoms with van der Waals surface area (Å²) in [6.07, 6.45) is 2.91. The van der Waals surface area contributed by atoms with Crippen molar-refractivity contribution in [2.75, 3.05) is 132 Å². The van der Waals surface area contributed by atoms with Gasteiger partial charge in [0.2, 0.25) is 23.6 Å². The molecule has 2 saturated heterocycles. The van der Waals surface area contributed by atoms with Gasteiger partial charge in [-0.15, -0.1) is 0 Å². The predicted molar refractivity (Wildman–Crippen MR) is 174 cm³/mol. The number of nitrogens with zero attached hydrogens (tertiary/aromatic N) is 2. The minimum Gasteiger partial charge on any atom is -0.379 e. The minimum atomic E-state index is -0.300. The number of hydrogen-bond donors (Lipinski definition) is 1. The molecule has 1 unspecified atom stereocenters. The highest BCUT2D eigenvalue weighted by atomic mass is 16.6. The van der Waals surface area contributed by atoms with Gasteiger partial charge in [-0.2, -0.15) is 0 Å². The molecule has 2 heterocycles. The molecular formula is C33H59N3O12. The van der Waals surface area contributed by atoms with E-state index in [1.54, 1.807) is 6.92 Å². The van der Waals surface area contributed by atoms with Crippen molar-refractivity contribution in [3.63, 3.8) is 0 Å². The van der Waals surface area contributed by atoms with Gasteiger partial charge >= 0.3 is 0 Å². The number of amides is 4. The first-order valence-electron chi connectivity index (χ1n) is 17.4. The van der Waals surface area contributed by atoms with Crippen LogP contribution in [-0.4, -0.2) is 165 Å². The van der Waals surface area contributed by atoms with Crippen molar-refractivity contribution in [3.05, 3.63) is 0 Å². The molecule has 0 aromatic heterocycles. The van der Waals surface area contributed by atoms with Crippen LogP contribution in [0.3, 0.4) is 0 Å². The van der Waals surface area contributed by atoms with E-state index in [1.807, 2.05) is 4.90 Å². The summed E-state index contributed by atoms with van der Waals surface area (Å²) < 4.78 is 43.7. The van der Waals surface area contributed by atoms with Crippen molar-refractivity contribution in [2.45, 2.75) is 46.0 Å². The van der Waals surface area contributed by atoms with E-state index in [9.17, 15) is 19.2 Å². The predicted octanol–water partition coefficient (Wildman–Crippen LogP) is 0.669. The molecule has 2 aliphatic heterocycles. The van der Waals surface area contributed by atoms with Gasteiger partial charge in [0.15, 0.2) is 0 Å². The van der Waals surface area contributed by atoms with Gasteiger partial charge in [-0.3, -0.25) is 24.1 Å². The van der Waals surface area contributed by atoms with Crippen molar-refractivity contribution < 1.29 is 57.1 Å². The minimum absolute atomic E-state index is 0.0859. The number of imide groups is 1. The van der Waals surface area contributed by atoms with Crippen molar-refractivity contribution in [2.24, 2.45) is 11.8 Å². The van der Waals surface area contributed by atoms with Crippen LogP contribution in [0.25, 0.3) is 0 Å². The summed E-state index contributed by atoms with van der Waals surface area (Å²) in [6.45, 7) is 13.3. The maximum Gasteiger partial charge on any atom is 0.232 e. The molecular weight excluding hydrogens is 630 g/mol. The molecule has 0 bridgehead atoms. The molecule has 0 spiro atoms. The highest BCUT2D eigenvalue weighted by Gasteiger charge is 2.35. The first-order valence-corrected chi connectivity index (χ1v) is 17.4. The molecule has 2 fully saturated rings. The van der Waals surface area contributed by atoms with E-state index < -0.39 is 0 Å². The summed E-state index contributed by atoms with van der Waals surface area (Å²) in [5.74, 6) is -0.0637. The van der Waals surface area contributed by atoms with E-state index in [2.05, 4.69) is 12.2 Å². The first-order chi connectivity index (χ1) is 23.4. The number of hydrogen-bond acceptors (Lipinski definition) is 12. The normalized spacial score (nSPS) is 17.1. The Labute approximate surface area is 285 Å². The maximum atomic E-state index is 12.1. The molecule has 2 aliphatic rings. The van der Waals surface area contributed by atoms with Crippen LogP contribution in [0.2, 0.25) is 0 Å². The standard InChI is InChI=1S/C33H59N3O12/c1-28-3-8-35(9-4-28)31(38)6-11-41-13-15-43-17-19-45-21-23-47-25-26-48-24-22-46-20-18-44-16-14-42-12-7-34-30(37)5-10-36-32(39)27-29(2)33(36)40/h28-29H,3-27H2,1-2H3,(H,34,37). The summed E-state index contributed by atoms with van der Waals surface area (Å²) in [6, 6.07) is 0. The second-order valence-corrected chi connectivity index (χ2v) is 11.8. The topological polar surface area (TPSA) is 161 Å². The Hall–Kier alpha value is -2.24. The lowest BCUT2D eigenvalue weighted by Crippen LogP contribution is -2.38. The molecule has 0 aliphatic carbocycles. The summed E-state index contributed by atoms with van der Waals surface area (Å²) in [5.41, 5.74) is 0. The van der Waals surface area contributed by atoms with Gasteiger partial charge in [0.05, 0.1) is 112 Å². The molecule has 4 amide bonds. The fourth-order valence-electron chi connectivity index (χ4n) is 4.86. The zero-order valence-electron chi connectivity index (χ0n) is 29.1. The summed E-state index contributed by atoms with van der Waals surface area (Å²) in [5, 5.41) is 2.71. The van der Waals surface area contributed by atoms with Crippen LogP contribution in [0, 0.1) is 11.8 Å². The Bertz CT molecular complexity index is 888. The Morgan fingerprint density at radius 2 is 1.04 bits per heavy atom. The maximum absolute atomic E-state index is 12.1. The van der Waals surface area contributed by atoms with Crippen molar-refractivity contribution >= 4 is 23.6 Å².